The monoisotopic (exact) mass is 264 g/mol. The maximum atomic E-state index is 5.91. The van der Waals surface area contributed by atoms with Crippen molar-refractivity contribution in [2.24, 2.45) is 5.92 Å². The van der Waals surface area contributed by atoms with Crippen LogP contribution in [-0.2, 0) is 6.42 Å². The fourth-order valence-electron chi connectivity index (χ4n) is 1.75. The Morgan fingerprint density at radius 1 is 1.32 bits per heavy atom. The highest BCUT2D eigenvalue weighted by Gasteiger charge is 2.12. The third-order valence-electron chi connectivity index (χ3n) is 2.91. The van der Waals surface area contributed by atoms with Crippen molar-refractivity contribution in [3.05, 3.63) is 23.5 Å². The molecule has 0 saturated heterocycles. The van der Waals surface area contributed by atoms with E-state index >= 15 is 0 Å². The standard InChI is InChI=1S/C16H28N2O/c1-7-14-15(9-8-13(3)18-14)19-11-12(2)10-17-16(4,5)6/h8-9,12,17H,7,10-11H2,1-6H3. The van der Waals surface area contributed by atoms with E-state index in [4.69, 9.17) is 4.74 Å². The van der Waals surface area contributed by atoms with Gasteiger partial charge in [-0.1, -0.05) is 13.8 Å². The molecule has 0 spiro atoms. The molecule has 1 atom stereocenters. The first-order chi connectivity index (χ1) is 8.81. The fraction of sp³-hybridized carbons (Fsp3) is 0.688. The summed E-state index contributed by atoms with van der Waals surface area (Å²) in [6, 6.07) is 4.04. The van der Waals surface area contributed by atoms with Crippen LogP contribution < -0.4 is 10.1 Å². The second-order valence-electron chi connectivity index (χ2n) is 6.30. The van der Waals surface area contributed by atoms with Gasteiger partial charge in [-0.15, -0.1) is 0 Å². The topological polar surface area (TPSA) is 34.1 Å². The molecule has 0 aliphatic carbocycles. The number of hydrogen-bond donors (Lipinski definition) is 1. The number of nitrogens with one attached hydrogen (secondary N) is 1. The van der Waals surface area contributed by atoms with Gasteiger partial charge in [0.15, 0.2) is 0 Å². The van der Waals surface area contributed by atoms with E-state index in [1.807, 2.05) is 19.1 Å². The molecular weight excluding hydrogens is 236 g/mol. The molecule has 108 valence electrons. The van der Waals surface area contributed by atoms with Gasteiger partial charge in [-0.2, -0.15) is 0 Å². The largest absolute Gasteiger partial charge is 0.491 e. The zero-order valence-corrected chi connectivity index (χ0v) is 13.2. The molecule has 1 rings (SSSR count). The molecule has 1 heterocycles. The smallest absolute Gasteiger partial charge is 0.140 e. The van der Waals surface area contributed by atoms with Crippen LogP contribution in [0, 0.1) is 12.8 Å². The summed E-state index contributed by atoms with van der Waals surface area (Å²) in [7, 11) is 0. The lowest BCUT2D eigenvalue weighted by molar-refractivity contribution is 0.241. The molecule has 0 radical (unpaired) electrons. The van der Waals surface area contributed by atoms with Crippen molar-refractivity contribution in [2.75, 3.05) is 13.2 Å². The Kier molecular flexibility index (Phi) is 5.80. The summed E-state index contributed by atoms with van der Waals surface area (Å²) >= 11 is 0. The Hall–Kier alpha value is -1.09. The number of ether oxygens (including phenoxy) is 1. The van der Waals surface area contributed by atoms with Crippen LogP contribution in [0.3, 0.4) is 0 Å². The van der Waals surface area contributed by atoms with E-state index in [0.717, 1.165) is 36.7 Å². The zero-order valence-electron chi connectivity index (χ0n) is 13.2. The van der Waals surface area contributed by atoms with Crippen LogP contribution in [0.15, 0.2) is 12.1 Å². The lowest BCUT2D eigenvalue weighted by Crippen LogP contribution is -2.39. The first-order valence-corrected chi connectivity index (χ1v) is 7.16. The van der Waals surface area contributed by atoms with Crippen LogP contribution in [0.25, 0.3) is 0 Å². The first-order valence-electron chi connectivity index (χ1n) is 7.16. The quantitative estimate of drug-likeness (QED) is 0.855. The van der Waals surface area contributed by atoms with Gasteiger partial charge in [0, 0.05) is 23.7 Å². The Labute approximate surface area is 117 Å². The summed E-state index contributed by atoms with van der Waals surface area (Å²) in [6.45, 7) is 14.5. The molecule has 3 heteroatoms. The van der Waals surface area contributed by atoms with Crippen LogP contribution in [-0.4, -0.2) is 23.7 Å². The number of rotatable bonds is 6. The number of pyridine rings is 1. The van der Waals surface area contributed by atoms with Crippen LogP contribution >= 0.6 is 0 Å². The Morgan fingerprint density at radius 3 is 2.58 bits per heavy atom. The average Bonchev–Trinajstić information content (AvgIpc) is 2.33. The molecule has 0 aromatic carbocycles. The van der Waals surface area contributed by atoms with Crippen molar-refractivity contribution < 1.29 is 4.74 Å². The third kappa shape index (κ3) is 6.06. The van der Waals surface area contributed by atoms with E-state index in [2.05, 4.69) is 44.9 Å². The molecule has 0 aliphatic rings. The minimum atomic E-state index is 0.161. The second kappa shape index (κ2) is 6.90. The van der Waals surface area contributed by atoms with Crippen molar-refractivity contribution in [3.8, 4) is 5.75 Å². The maximum Gasteiger partial charge on any atom is 0.140 e. The summed E-state index contributed by atoms with van der Waals surface area (Å²) in [5.74, 6) is 1.40. The van der Waals surface area contributed by atoms with Crippen LogP contribution in [0.4, 0.5) is 0 Å². The molecule has 1 N–H and O–H groups in total. The lowest BCUT2D eigenvalue weighted by atomic mass is 10.1. The minimum absolute atomic E-state index is 0.161. The number of hydrogen-bond acceptors (Lipinski definition) is 3. The minimum Gasteiger partial charge on any atom is -0.491 e. The van der Waals surface area contributed by atoms with Crippen molar-refractivity contribution in [1.82, 2.24) is 10.3 Å². The molecule has 0 amide bonds. The molecule has 0 bridgehead atoms. The van der Waals surface area contributed by atoms with E-state index in [-0.39, 0.29) is 5.54 Å². The van der Waals surface area contributed by atoms with Crippen molar-refractivity contribution in [3.63, 3.8) is 0 Å². The molecule has 0 aliphatic heterocycles. The fourth-order valence-corrected chi connectivity index (χ4v) is 1.75. The van der Waals surface area contributed by atoms with Gasteiger partial charge in [0.05, 0.1) is 12.3 Å². The first kappa shape index (κ1) is 16.0. The van der Waals surface area contributed by atoms with Gasteiger partial charge >= 0.3 is 0 Å². The van der Waals surface area contributed by atoms with E-state index in [1.54, 1.807) is 0 Å². The molecule has 0 fully saturated rings. The Morgan fingerprint density at radius 2 is 2.00 bits per heavy atom. The predicted molar refractivity (Wildman–Crippen MR) is 80.8 cm³/mol. The second-order valence-corrected chi connectivity index (χ2v) is 6.30. The highest BCUT2D eigenvalue weighted by Crippen LogP contribution is 2.18. The van der Waals surface area contributed by atoms with E-state index in [0.29, 0.717) is 5.92 Å². The summed E-state index contributed by atoms with van der Waals surface area (Å²) in [6.07, 6.45) is 0.908. The molecule has 1 aromatic heterocycles. The Bertz CT molecular complexity index is 396. The van der Waals surface area contributed by atoms with Crippen LogP contribution in [0.5, 0.6) is 5.75 Å². The molecule has 0 saturated carbocycles. The maximum absolute atomic E-state index is 5.91. The molecule has 1 unspecified atom stereocenters. The van der Waals surface area contributed by atoms with Gasteiger partial charge in [-0.3, -0.25) is 4.98 Å². The third-order valence-corrected chi connectivity index (χ3v) is 2.91. The highest BCUT2D eigenvalue weighted by atomic mass is 16.5. The van der Waals surface area contributed by atoms with Gasteiger partial charge in [0.1, 0.15) is 5.75 Å². The van der Waals surface area contributed by atoms with Crippen molar-refractivity contribution >= 4 is 0 Å². The number of aryl methyl sites for hydroxylation is 2. The van der Waals surface area contributed by atoms with E-state index in [1.165, 1.54) is 0 Å². The SMILES string of the molecule is CCc1nc(C)ccc1OCC(C)CNC(C)(C)C. The molecule has 19 heavy (non-hydrogen) atoms. The predicted octanol–water partition coefficient (Wildman–Crippen LogP) is 3.36. The molecule has 1 aromatic rings. The Balaban J connectivity index is 2.48. The number of nitrogens with zero attached hydrogens (tertiary/aromatic N) is 1. The van der Waals surface area contributed by atoms with E-state index < -0.39 is 0 Å². The summed E-state index contributed by atoms with van der Waals surface area (Å²) in [5.41, 5.74) is 2.26. The molecular formula is C16H28N2O. The molecule has 3 nitrogen and oxygen atoms in total. The van der Waals surface area contributed by atoms with Crippen molar-refractivity contribution in [2.45, 2.75) is 53.5 Å². The highest BCUT2D eigenvalue weighted by molar-refractivity contribution is 5.29. The summed E-state index contributed by atoms with van der Waals surface area (Å²) < 4.78 is 5.91. The normalized spacial score (nSPS) is 13.4. The zero-order chi connectivity index (χ0) is 14.5. The average molecular weight is 264 g/mol. The van der Waals surface area contributed by atoms with Gasteiger partial charge < -0.3 is 10.1 Å². The van der Waals surface area contributed by atoms with Crippen molar-refractivity contribution in [1.29, 1.82) is 0 Å². The van der Waals surface area contributed by atoms with Gasteiger partial charge in [-0.05, 0) is 46.2 Å². The summed E-state index contributed by atoms with van der Waals surface area (Å²) in [5, 5.41) is 3.50. The lowest BCUT2D eigenvalue weighted by Gasteiger charge is -2.23. The van der Waals surface area contributed by atoms with Gasteiger partial charge in [-0.25, -0.2) is 0 Å². The van der Waals surface area contributed by atoms with Gasteiger partial charge in [0.2, 0.25) is 0 Å². The van der Waals surface area contributed by atoms with Gasteiger partial charge in [0.25, 0.3) is 0 Å². The van der Waals surface area contributed by atoms with Crippen LogP contribution in [0.1, 0.15) is 46.0 Å². The number of aromatic nitrogens is 1. The van der Waals surface area contributed by atoms with E-state index in [9.17, 15) is 0 Å². The van der Waals surface area contributed by atoms with Crippen LogP contribution in [0.2, 0.25) is 0 Å². The summed E-state index contributed by atoms with van der Waals surface area (Å²) in [4.78, 5) is 4.51.